The maximum Gasteiger partial charge on any atom is 0.200 e. The number of benzene rings is 1. The molecule has 1 aliphatic carbocycles. The van der Waals surface area contributed by atoms with Crippen molar-refractivity contribution in [3.8, 4) is 5.75 Å². The first-order chi connectivity index (χ1) is 18.4. The first kappa shape index (κ1) is 29.8. The molecule has 0 bridgehead atoms. The van der Waals surface area contributed by atoms with Gasteiger partial charge in [0.15, 0.2) is 5.43 Å². The van der Waals surface area contributed by atoms with Gasteiger partial charge in [-0.1, -0.05) is 36.8 Å². The Labute approximate surface area is 225 Å². The summed E-state index contributed by atoms with van der Waals surface area (Å²) in [5.74, 6) is -0.0235. The number of fused-ring (bicyclic) bond motifs is 1. The zero-order valence-corrected chi connectivity index (χ0v) is 23.4. The molecule has 1 aromatic heterocycles. The van der Waals surface area contributed by atoms with E-state index in [1.807, 2.05) is 32.1 Å². The Morgan fingerprint density at radius 2 is 1.92 bits per heavy atom. The van der Waals surface area contributed by atoms with Crippen LogP contribution in [0.25, 0.3) is 16.5 Å². The van der Waals surface area contributed by atoms with Crippen LogP contribution < -0.4 is 10.2 Å². The van der Waals surface area contributed by atoms with Crippen LogP contribution in [0, 0.1) is 5.82 Å². The largest absolute Gasteiger partial charge is 0.491 e. The Bertz CT molecular complexity index is 1210. The fourth-order valence-electron chi connectivity index (χ4n) is 4.57. The lowest BCUT2D eigenvalue weighted by atomic mass is 9.97. The molecule has 1 fully saturated rings. The summed E-state index contributed by atoms with van der Waals surface area (Å²) in [6, 6.07) is 2.93. The first-order valence-corrected chi connectivity index (χ1v) is 13.3. The van der Waals surface area contributed by atoms with Crippen molar-refractivity contribution in [3.05, 3.63) is 69.3 Å². The molecule has 0 unspecified atom stereocenters. The number of halogens is 1. The summed E-state index contributed by atoms with van der Waals surface area (Å²) < 4.78 is 30.6. The van der Waals surface area contributed by atoms with E-state index in [-0.39, 0.29) is 10.8 Å². The number of H-pyrrole nitrogens is 1. The average molecular weight is 528 g/mol. The molecule has 38 heavy (non-hydrogen) atoms. The van der Waals surface area contributed by atoms with Crippen molar-refractivity contribution in [2.24, 2.45) is 0 Å². The van der Waals surface area contributed by atoms with E-state index in [0.717, 1.165) is 62.7 Å². The lowest BCUT2D eigenvalue weighted by Gasteiger charge is -2.29. The van der Waals surface area contributed by atoms with Crippen LogP contribution in [0.2, 0.25) is 0 Å². The van der Waals surface area contributed by atoms with Gasteiger partial charge in [0, 0.05) is 58.2 Å². The van der Waals surface area contributed by atoms with E-state index in [1.165, 1.54) is 6.07 Å². The van der Waals surface area contributed by atoms with Crippen molar-refractivity contribution >= 4 is 16.5 Å². The minimum Gasteiger partial charge on any atom is -0.491 e. The summed E-state index contributed by atoms with van der Waals surface area (Å²) in [5.41, 5.74) is 3.48. The van der Waals surface area contributed by atoms with Gasteiger partial charge in [-0.3, -0.25) is 14.6 Å². The summed E-state index contributed by atoms with van der Waals surface area (Å²) in [4.78, 5) is 21.9. The van der Waals surface area contributed by atoms with Gasteiger partial charge in [-0.05, 0) is 44.5 Å². The summed E-state index contributed by atoms with van der Waals surface area (Å²) in [5, 5.41) is 0.0585. The number of morpholine rings is 1. The molecule has 1 N–H and O–H groups in total. The van der Waals surface area contributed by atoms with Crippen LogP contribution in [0.3, 0.4) is 0 Å². The molecule has 4 rings (SSSR count). The molecule has 0 saturated carbocycles. The maximum atomic E-state index is 15.0. The fraction of sp³-hybridized carbons (Fsp3) is 0.500. The topological polar surface area (TPSA) is 67.0 Å². The predicted octanol–water partition coefficient (Wildman–Crippen LogP) is 4.77. The van der Waals surface area contributed by atoms with E-state index < -0.39 is 5.82 Å². The molecule has 8 heteroatoms. The molecule has 1 saturated heterocycles. The van der Waals surface area contributed by atoms with Crippen molar-refractivity contribution in [2.75, 3.05) is 67.3 Å². The highest BCUT2D eigenvalue weighted by Gasteiger charge is 2.21. The predicted molar refractivity (Wildman–Crippen MR) is 152 cm³/mol. The van der Waals surface area contributed by atoms with Crippen LogP contribution in [0.15, 0.2) is 46.8 Å². The number of nitrogens with zero attached hydrogens (tertiary/aromatic N) is 2. The molecule has 7 nitrogen and oxygen atoms in total. The second kappa shape index (κ2) is 15.0. The van der Waals surface area contributed by atoms with Gasteiger partial charge in [0.2, 0.25) is 0 Å². The van der Waals surface area contributed by atoms with E-state index in [2.05, 4.69) is 32.6 Å². The number of hydrogen-bond donors (Lipinski definition) is 1. The van der Waals surface area contributed by atoms with Gasteiger partial charge in [-0.25, -0.2) is 4.39 Å². The summed E-state index contributed by atoms with van der Waals surface area (Å²) in [7, 11) is 5.30. The molecule has 1 aromatic carbocycles. The highest BCUT2D eigenvalue weighted by molar-refractivity contribution is 5.89. The van der Waals surface area contributed by atoms with Crippen LogP contribution in [0.1, 0.15) is 37.9 Å². The molecular weight excluding hydrogens is 485 g/mol. The van der Waals surface area contributed by atoms with Gasteiger partial charge >= 0.3 is 0 Å². The van der Waals surface area contributed by atoms with Crippen LogP contribution in [-0.2, 0) is 16.0 Å². The van der Waals surface area contributed by atoms with Crippen LogP contribution in [0.4, 0.5) is 4.39 Å². The second-order valence-electron chi connectivity index (χ2n) is 9.76. The number of aromatic amines is 1. The first-order valence-electron chi connectivity index (χ1n) is 13.3. The van der Waals surface area contributed by atoms with Crippen LogP contribution in [-0.4, -0.2) is 82.1 Å². The Morgan fingerprint density at radius 1 is 1.18 bits per heavy atom. The highest BCUT2D eigenvalue weighted by atomic mass is 19.1. The number of pyridine rings is 1. The molecule has 208 valence electrons. The lowest BCUT2D eigenvalue weighted by Crippen LogP contribution is -2.40. The van der Waals surface area contributed by atoms with Crippen molar-refractivity contribution in [2.45, 2.75) is 33.2 Å². The number of aromatic nitrogens is 1. The summed E-state index contributed by atoms with van der Waals surface area (Å²) in [6.07, 6.45) is 9.52. The van der Waals surface area contributed by atoms with E-state index in [9.17, 15) is 4.79 Å². The van der Waals surface area contributed by atoms with E-state index in [1.54, 1.807) is 20.3 Å². The molecule has 1 aliphatic heterocycles. The van der Waals surface area contributed by atoms with E-state index >= 15 is 4.39 Å². The Morgan fingerprint density at radius 3 is 2.63 bits per heavy atom. The van der Waals surface area contributed by atoms with Crippen molar-refractivity contribution in [1.82, 2.24) is 14.8 Å². The lowest BCUT2D eigenvalue weighted by molar-refractivity contribution is 0.0341. The highest BCUT2D eigenvalue weighted by Crippen LogP contribution is 2.30. The number of ether oxygens (including phenoxy) is 3. The van der Waals surface area contributed by atoms with Crippen molar-refractivity contribution < 1.29 is 18.6 Å². The zero-order chi connectivity index (χ0) is 27.5. The Kier molecular flexibility index (Phi) is 11.7. The Balaban J connectivity index is 0.00000127. The van der Waals surface area contributed by atoms with E-state index in [4.69, 9.17) is 9.47 Å². The molecule has 0 amide bonds. The van der Waals surface area contributed by atoms with Crippen LogP contribution in [0.5, 0.6) is 5.75 Å². The SMILES string of the molecule is CCCOc1ccc(F)c2c(=O)c(C3=CC=C(C)C=CC3)c(CN(C)CCN3CCOCC3)[nH]c12.COC. The van der Waals surface area contributed by atoms with Gasteiger partial charge in [-0.15, -0.1) is 0 Å². The quantitative estimate of drug-likeness (QED) is 0.507. The average Bonchev–Trinajstić information content (AvgIpc) is 3.12. The number of allylic oxidation sites excluding steroid dienone is 6. The smallest absolute Gasteiger partial charge is 0.200 e. The van der Waals surface area contributed by atoms with Gasteiger partial charge in [0.1, 0.15) is 11.6 Å². The van der Waals surface area contributed by atoms with E-state index in [0.29, 0.717) is 36.4 Å². The molecule has 0 atom stereocenters. The molecule has 2 aliphatic rings. The summed E-state index contributed by atoms with van der Waals surface area (Å²) in [6.45, 7) is 10.3. The van der Waals surface area contributed by atoms with Gasteiger partial charge in [0.25, 0.3) is 0 Å². The Hall–Kier alpha value is -2.78. The third-order valence-electron chi connectivity index (χ3n) is 6.53. The number of rotatable bonds is 9. The van der Waals surface area contributed by atoms with Crippen molar-refractivity contribution in [1.29, 1.82) is 0 Å². The molecular formula is C30H42FN3O4. The molecule has 0 spiro atoms. The maximum absolute atomic E-state index is 15.0. The van der Waals surface area contributed by atoms with Gasteiger partial charge in [0.05, 0.1) is 30.7 Å². The van der Waals surface area contributed by atoms with Crippen LogP contribution >= 0.6 is 0 Å². The van der Waals surface area contributed by atoms with Gasteiger partial charge < -0.3 is 19.2 Å². The normalized spacial score (nSPS) is 16.1. The minimum atomic E-state index is -0.532. The third-order valence-corrected chi connectivity index (χ3v) is 6.53. The zero-order valence-electron chi connectivity index (χ0n) is 23.4. The number of methoxy groups -OCH3 is 1. The number of hydrogen-bond acceptors (Lipinski definition) is 6. The standard InChI is InChI=1S/C28H36FN3O3.C2H6O/c1-4-16-35-24-11-10-22(29)26-27(24)30-23(19-31(3)12-13-32-14-17-34-18-15-32)25(28(26)33)21-7-5-6-20(2)8-9-21;1-3-2/h5-6,8-11H,4,7,12-19H2,1-3H3,(H,30,33);1-2H3. The molecule has 2 aromatic rings. The third kappa shape index (κ3) is 7.86. The number of likely N-dealkylation sites (N-methyl/N-ethyl adjacent to an activating group) is 1. The number of nitrogens with one attached hydrogen (secondary N) is 1. The minimum absolute atomic E-state index is 0.0585. The second-order valence-corrected chi connectivity index (χ2v) is 9.76. The monoisotopic (exact) mass is 527 g/mol. The fourth-order valence-corrected chi connectivity index (χ4v) is 4.57. The van der Waals surface area contributed by atoms with Gasteiger partial charge in [-0.2, -0.15) is 0 Å². The van der Waals surface area contributed by atoms with Crippen molar-refractivity contribution in [3.63, 3.8) is 0 Å². The summed E-state index contributed by atoms with van der Waals surface area (Å²) >= 11 is 0. The molecule has 2 heterocycles. The molecule has 0 radical (unpaired) electrons.